The zero-order valence-electron chi connectivity index (χ0n) is 26.7. The lowest BCUT2D eigenvalue weighted by molar-refractivity contribution is -0.144. The van der Waals surface area contributed by atoms with Crippen molar-refractivity contribution in [1.29, 1.82) is 0 Å². The predicted molar refractivity (Wildman–Crippen MR) is 163 cm³/mol. The van der Waals surface area contributed by atoms with Crippen LogP contribution in [0.2, 0.25) is 0 Å². The summed E-state index contributed by atoms with van der Waals surface area (Å²) in [6.45, 7) is 1.65. The van der Waals surface area contributed by atoms with Crippen LogP contribution >= 0.6 is 0 Å². The van der Waals surface area contributed by atoms with E-state index >= 15 is 0 Å². The number of carboxylic acids is 1. The number of aliphatic carboxylic acids is 1. The van der Waals surface area contributed by atoms with Gasteiger partial charge in [-0.05, 0) is 62.3 Å². The SMILES string of the molecule is CC[C@@H]1C[C@H](N(Cc2cc(C(F)(F)F)cc(C(F)(F)F)c2)c2ncc(-c3cnn(C)c3)cn2)CN1C(=O)N(C)C1CCC(C(=O)O)CC1. The molecule has 0 radical (unpaired) electrons. The molecule has 1 N–H and O–H groups in total. The molecule has 1 aliphatic carbocycles. The van der Waals surface area contributed by atoms with E-state index in [0.717, 1.165) is 0 Å². The van der Waals surface area contributed by atoms with E-state index in [-0.39, 0.29) is 48.8 Å². The molecule has 3 aromatic rings. The third-order valence-electron chi connectivity index (χ3n) is 9.38. The Morgan fingerprint density at radius 1 is 0.917 bits per heavy atom. The van der Waals surface area contributed by atoms with Crippen molar-refractivity contribution >= 4 is 17.9 Å². The number of rotatable bonds is 8. The summed E-state index contributed by atoms with van der Waals surface area (Å²) in [7, 11) is 3.41. The number of amides is 2. The Hall–Kier alpha value is -4.37. The number of anilines is 1. The van der Waals surface area contributed by atoms with Gasteiger partial charge in [-0.2, -0.15) is 31.4 Å². The Morgan fingerprint density at radius 2 is 1.52 bits per heavy atom. The minimum Gasteiger partial charge on any atom is -0.481 e. The zero-order valence-corrected chi connectivity index (χ0v) is 26.7. The molecule has 1 aromatic carbocycles. The van der Waals surface area contributed by atoms with Gasteiger partial charge in [0.15, 0.2) is 0 Å². The molecule has 2 aromatic heterocycles. The van der Waals surface area contributed by atoms with Crippen molar-refractivity contribution in [3.8, 4) is 11.1 Å². The Balaban J connectivity index is 1.46. The molecule has 1 saturated heterocycles. The lowest BCUT2D eigenvalue weighted by atomic mass is 9.85. The van der Waals surface area contributed by atoms with Gasteiger partial charge in [0.2, 0.25) is 5.95 Å². The molecule has 5 rings (SSSR count). The molecule has 1 aliphatic heterocycles. The summed E-state index contributed by atoms with van der Waals surface area (Å²) in [5.74, 6) is -1.21. The van der Waals surface area contributed by atoms with Gasteiger partial charge >= 0.3 is 24.4 Å². The van der Waals surface area contributed by atoms with Crippen molar-refractivity contribution in [3.63, 3.8) is 0 Å². The first-order valence-electron chi connectivity index (χ1n) is 15.7. The monoisotopic (exact) mass is 681 g/mol. The second kappa shape index (κ2) is 13.6. The fourth-order valence-electron chi connectivity index (χ4n) is 6.67. The third-order valence-corrected chi connectivity index (χ3v) is 9.38. The van der Waals surface area contributed by atoms with Crippen LogP contribution in [-0.2, 0) is 30.7 Å². The summed E-state index contributed by atoms with van der Waals surface area (Å²) >= 11 is 0. The molecule has 0 unspecified atom stereocenters. The van der Waals surface area contributed by atoms with Gasteiger partial charge in [0.25, 0.3) is 0 Å². The smallest absolute Gasteiger partial charge is 0.416 e. The molecule has 10 nitrogen and oxygen atoms in total. The number of halogens is 6. The number of likely N-dealkylation sites (tertiary alicyclic amines) is 1. The minimum atomic E-state index is -5.01. The number of alkyl halides is 6. The lowest BCUT2D eigenvalue weighted by Crippen LogP contribution is -2.49. The fraction of sp³-hybridized carbons (Fsp3) is 0.531. The summed E-state index contributed by atoms with van der Waals surface area (Å²) in [5.41, 5.74) is -1.75. The molecular formula is C32H37F6N7O3. The highest BCUT2D eigenvalue weighted by atomic mass is 19.4. The van der Waals surface area contributed by atoms with Crippen molar-refractivity contribution < 1.29 is 41.0 Å². The summed E-state index contributed by atoms with van der Waals surface area (Å²) in [4.78, 5) is 39.1. The number of hydrogen-bond acceptors (Lipinski definition) is 6. The number of carbonyl (C=O) groups excluding carboxylic acids is 1. The zero-order chi connectivity index (χ0) is 35.0. The molecular weight excluding hydrogens is 644 g/mol. The van der Waals surface area contributed by atoms with E-state index in [0.29, 0.717) is 61.8 Å². The predicted octanol–water partition coefficient (Wildman–Crippen LogP) is 6.47. The highest BCUT2D eigenvalue weighted by Gasteiger charge is 2.42. The van der Waals surface area contributed by atoms with Crippen molar-refractivity contribution in [2.75, 3.05) is 18.5 Å². The van der Waals surface area contributed by atoms with Gasteiger partial charge in [-0.15, -0.1) is 0 Å². The molecule has 1 saturated carbocycles. The summed E-state index contributed by atoms with van der Waals surface area (Å²) in [6, 6.07) is 0.249. The number of nitrogens with zero attached hydrogens (tertiary/aromatic N) is 7. The first kappa shape index (κ1) is 35.0. The van der Waals surface area contributed by atoms with Crippen LogP contribution in [-0.4, -0.2) is 78.4 Å². The molecule has 3 heterocycles. The average molecular weight is 682 g/mol. The molecule has 260 valence electrons. The van der Waals surface area contributed by atoms with E-state index in [4.69, 9.17) is 0 Å². The van der Waals surface area contributed by atoms with Crippen LogP contribution < -0.4 is 4.90 Å². The van der Waals surface area contributed by atoms with Crippen LogP contribution in [0.3, 0.4) is 0 Å². The fourth-order valence-corrected chi connectivity index (χ4v) is 6.67. The molecule has 2 atom stereocenters. The Morgan fingerprint density at radius 3 is 2.02 bits per heavy atom. The summed E-state index contributed by atoms with van der Waals surface area (Å²) in [5, 5.41) is 13.5. The van der Waals surface area contributed by atoms with Gasteiger partial charge < -0.3 is 19.8 Å². The number of carbonyl (C=O) groups is 2. The number of benzene rings is 1. The topological polar surface area (TPSA) is 108 Å². The number of hydrogen-bond donors (Lipinski definition) is 1. The van der Waals surface area contributed by atoms with Crippen LogP contribution in [0.5, 0.6) is 0 Å². The first-order chi connectivity index (χ1) is 22.5. The Labute approximate surface area is 273 Å². The maximum Gasteiger partial charge on any atom is 0.416 e. The number of urea groups is 1. The molecule has 2 aliphatic rings. The maximum absolute atomic E-state index is 13.8. The molecule has 0 spiro atoms. The van der Waals surface area contributed by atoms with Crippen LogP contribution in [0.1, 0.15) is 62.1 Å². The van der Waals surface area contributed by atoms with Gasteiger partial charge in [-0.3, -0.25) is 9.48 Å². The second-order valence-corrected chi connectivity index (χ2v) is 12.6. The molecule has 16 heteroatoms. The Kier molecular flexibility index (Phi) is 9.92. The maximum atomic E-state index is 13.8. The van der Waals surface area contributed by atoms with E-state index < -0.39 is 41.4 Å². The lowest BCUT2D eigenvalue weighted by Gasteiger charge is -2.37. The molecule has 0 bridgehead atoms. The van der Waals surface area contributed by atoms with E-state index in [1.165, 1.54) is 12.4 Å². The third kappa shape index (κ3) is 7.67. The number of aryl methyl sites for hydroxylation is 1. The van der Waals surface area contributed by atoms with Crippen LogP contribution in [0.4, 0.5) is 37.1 Å². The van der Waals surface area contributed by atoms with E-state index in [1.807, 2.05) is 6.92 Å². The Bertz CT molecular complexity index is 1570. The van der Waals surface area contributed by atoms with Gasteiger partial charge in [0.1, 0.15) is 0 Å². The van der Waals surface area contributed by atoms with Crippen LogP contribution in [0, 0.1) is 5.92 Å². The standard InChI is InChI=1S/C32H37F6N7O3/c1-4-25-12-27(18-45(25)30(48)43(3)26-7-5-20(6-8-26)28(46)47)44(29-39-13-21(14-40-29)22-15-41-42(2)17-22)16-19-9-23(31(33,34)35)11-24(10-19)32(36,37)38/h9-11,13-15,17,20,25-27H,4-8,12,16,18H2,1-3H3,(H,46,47)/t20?,25-,26?,27+/m1/s1. The minimum absolute atomic E-state index is 0.0862. The van der Waals surface area contributed by atoms with Crippen molar-refractivity contribution in [3.05, 3.63) is 59.7 Å². The second-order valence-electron chi connectivity index (χ2n) is 12.6. The van der Waals surface area contributed by atoms with Gasteiger partial charge in [0.05, 0.1) is 29.3 Å². The molecule has 48 heavy (non-hydrogen) atoms. The summed E-state index contributed by atoms with van der Waals surface area (Å²) < 4.78 is 84.0. The van der Waals surface area contributed by atoms with Crippen LogP contribution in [0.25, 0.3) is 11.1 Å². The summed E-state index contributed by atoms with van der Waals surface area (Å²) in [6.07, 6.45) is -0.750. The number of aromatic nitrogens is 4. The molecule has 2 fully saturated rings. The number of carboxylic acid groups (broad SMARTS) is 1. The van der Waals surface area contributed by atoms with Gasteiger partial charge in [-0.25, -0.2) is 14.8 Å². The van der Waals surface area contributed by atoms with E-state index in [1.54, 1.807) is 45.9 Å². The highest BCUT2D eigenvalue weighted by Crippen LogP contribution is 2.38. The van der Waals surface area contributed by atoms with Gasteiger partial charge in [-0.1, -0.05) is 6.92 Å². The highest BCUT2D eigenvalue weighted by molar-refractivity contribution is 5.76. The normalized spacial score (nSPS) is 21.7. The van der Waals surface area contributed by atoms with Crippen molar-refractivity contribution in [2.45, 2.75) is 82.5 Å². The van der Waals surface area contributed by atoms with E-state index in [2.05, 4.69) is 15.1 Å². The molecule has 2 amide bonds. The first-order valence-corrected chi connectivity index (χ1v) is 15.7. The average Bonchev–Trinajstić information content (AvgIpc) is 3.68. The largest absolute Gasteiger partial charge is 0.481 e. The van der Waals surface area contributed by atoms with E-state index in [9.17, 15) is 41.0 Å². The van der Waals surface area contributed by atoms with Crippen LogP contribution in [0.15, 0.2) is 43.0 Å². The van der Waals surface area contributed by atoms with Crippen molar-refractivity contribution in [1.82, 2.24) is 29.5 Å². The quantitative estimate of drug-likeness (QED) is 0.272. The van der Waals surface area contributed by atoms with Crippen molar-refractivity contribution in [2.24, 2.45) is 13.0 Å². The van der Waals surface area contributed by atoms with Gasteiger partial charge in [0, 0.05) is 69.0 Å².